The van der Waals surface area contributed by atoms with Crippen molar-refractivity contribution in [2.24, 2.45) is 17.8 Å². The molecule has 28 heavy (non-hydrogen) atoms. The average molecular weight is 378 g/mol. The van der Waals surface area contributed by atoms with Gasteiger partial charge in [-0.15, -0.1) is 0 Å². The number of nitrogens with zero attached hydrogens (tertiary/aromatic N) is 2. The van der Waals surface area contributed by atoms with E-state index in [9.17, 15) is 4.79 Å². The normalized spacial score (nSPS) is 25.8. The lowest BCUT2D eigenvalue weighted by molar-refractivity contribution is -0.116. The van der Waals surface area contributed by atoms with Crippen molar-refractivity contribution in [2.75, 3.05) is 19.6 Å². The molecule has 4 nitrogen and oxygen atoms in total. The SMILES string of the molecule is C=CC(/C=C/C(=O)NCCC1[C@H]2CN(C(C)c3ccccn3)C[C@@H]12)=C\C=C/C. The summed E-state index contributed by atoms with van der Waals surface area (Å²) in [7, 11) is 0. The number of hydrogen-bond donors (Lipinski definition) is 1. The van der Waals surface area contributed by atoms with Crippen molar-refractivity contribution in [2.45, 2.75) is 26.3 Å². The zero-order valence-corrected chi connectivity index (χ0v) is 16.9. The van der Waals surface area contributed by atoms with Gasteiger partial charge in [-0.05, 0) is 61.8 Å². The molecule has 4 atom stereocenters. The first-order valence-corrected chi connectivity index (χ1v) is 10.2. The van der Waals surface area contributed by atoms with Gasteiger partial charge in [0.05, 0.1) is 5.69 Å². The van der Waals surface area contributed by atoms with Crippen molar-refractivity contribution < 1.29 is 4.79 Å². The van der Waals surface area contributed by atoms with E-state index in [1.165, 1.54) is 0 Å². The van der Waals surface area contributed by atoms with Crippen LogP contribution in [0.4, 0.5) is 0 Å². The molecule has 0 spiro atoms. The summed E-state index contributed by atoms with van der Waals surface area (Å²) in [6, 6.07) is 6.52. The lowest BCUT2D eigenvalue weighted by Crippen LogP contribution is -2.29. The number of carbonyl (C=O) groups is 1. The van der Waals surface area contributed by atoms with Gasteiger partial charge < -0.3 is 5.32 Å². The molecule has 1 amide bonds. The minimum atomic E-state index is -0.0376. The molecule has 0 bridgehead atoms. The van der Waals surface area contributed by atoms with Gasteiger partial charge in [-0.2, -0.15) is 0 Å². The predicted molar refractivity (Wildman–Crippen MR) is 115 cm³/mol. The smallest absolute Gasteiger partial charge is 0.243 e. The molecule has 2 unspecified atom stereocenters. The lowest BCUT2D eigenvalue weighted by atomic mass is 10.1. The van der Waals surface area contributed by atoms with Crippen LogP contribution in [0, 0.1) is 17.8 Å². The summed E-state index contributed by atoms with van der Waals surface area (Å²) in [6.07, 6.45) is 13.9. The van der Waals surface area contributed by atoms with Crippen LogP contribution in [0.2, 0.25) is 0 Å². The summed E-state index contributed by atoms with van der Waals surface area (Å²) in [4.78, 5) is 19.0. The Morgan fingerprint density at radius 2 is 2.14 bits per heavy atom. The molecule has 1 aromatic rings. The fourth-order valence-corrected chi connectivity index (χ4v) is 4.23. The largest absolute Gasteiger partial charge is 0.353 e. The first kappa shape index (κ1) is 20.3. The minimum absolute atomic E-state index is 0.0376. The number of amides is 1. The Morgan fingerprint density at radius 1 is 1.36 bits per heavy atom. The van der Waals surface area contributed by atoms with E-state index in [0.717, 1.165) is 55.1 Å². The van der Waals surface area contributed by atoms with E-state index in [4.69, 9.17) is 0 Å². The van der Waals surface area contributed by atoms with Crippen molar-refractivity contribution in [3.63, 3.8) is 0 Å². The topological polar surface area (TPSA) is 45.2 Å². The van der Waals surface area contributed by atoms with Crippen LogP contribution in [0.3, 0.4) is 0 Å². The number of carbonyl (C=O) groups excluding carboxylic acids is 1. The Balaban J connectivity index is 1.36. The van der Waals surface area contributed by atoms with Crippen molar-refractivity contribution in [3.8, 4) is 0 Å². The number of aromatic nitrogens is 1. The molecule has 1 aromatic heterocycles. The van der Waals surface area contributed by atoms with Crippen LogP contribution in [-0.2, 0) is 4.79 Å². The number of fused-ring (bicyclic) bond motifs is 1. The lowest BCUT2D eigenvalue weighted by Gasteiger charge is -2.26. The third-order valence-corrected chi connectivity index (χ3v) is 5.98. The van der Waals surface area contributed by atoms with Gasteiger partial charge >= 0.3 is 0 Å². The standard InChI is InChI=1S/C24H31N3O/c1-4-6-9-19(5-2)11-12-24(28)26-15-13-20-21-16-27(17-22(20)21)18(3)23-10-7-8-14-25-23/h4-12,14,18,20-22H,2,13,15-17H2,1,3H3,(H,26,28)/b6-4-,12-11+,19-9+/t18?,20?,21-,22+. The van der Waals surface area contributed by atoms with Crippen molar-refractivity contribution >= 4 is 5.91 Å². The molecular formula is C24H31N3O. The molecule has 1 aliphatic heterocycles. The van der Waals surface area contributed by atoms with E-state index in [1.54, 1.807) is 18.2 Å². The van der Waals surface area contributed by atoms with Gasteiger partial charge in [0.1, 0.15) is 0 Å². The average Bonchev–Trinajstić information content (AvgIpc) is 3.17. The summed E-state index contributed by atoms with van der Waals surface area (Å²) in [5.74, 6) is 2.30. The number of nitrogens with one attached hydrogen (secondary N) is 1. The zero-order valence-electron chi connectivity index (χ0n) is 16.9. The number of hydrogen-bond acceptors (Lipinski definition) is 3. The van der Waals surface area contributed by atoms with E-state index < -0.39 is 0 Å². The van der Waals surface area contributed by atoms with Crippen LogP contribution in [0.1, 0.15) is 32.0 Å². The Hall–Kier alpha value is -2.46. The summed E-state index contributed by atoms with van der Waals surface area (Å²) in [6.45, 7) is 11.0. The van der Waals surface area contributed by atoms with Crippen LogP contribution in [0.5, 0.6) is 0 Å². The highest BCUT2D eigenvalue weighted by Gasteiger charge is 2.55. The molecule has 1 aliphatic carbocycles. The maximum absolute atomic E-state index is 12.0. The van der Waals surface area contributed by atoms with Crippen molar-refractivity contribution in [1.82, 2.24) is 15.2 Å². The second-order valence-corrected chi connectivity index (χ2v) is 7.69. The number of piperidine rings is 1. The summed E-state index contributed by atoms with van der Waals surface area (Å²) < 4.78 is 0. The van der Waals surface area contributed by atoms with Gasteiger partial charge in [-0.1, -0.05) is 36.9 Å². The number of allylic oxidation sites excluding steroid dienone is 6. The molecule has 2 heterocycles. The van der Waals surface area contributed by atoms with E-state index >= 15 is 0 Å². The van der Waals surface area contributed by atoms with Crippen molar-refractivity contribution in [3.05, 3.63) is 78.7 Å². The number of likely N-dealkylation sites (tertiary alicyclic amines) is 1. The van der Waals surface area contributed by atoms with Gasteiger partial charge in [0, 0.05) is 37.9 Å². The molecule has 0 aromatic carbocycles. The third-order valence-electron chi connectivity index (χ3n) is 5.98. The Morgan fingerprint density at radius 3 is 2.79 bits per heavy atom. The molecule has 3 rings (SSSR count). The van der Waals surface area contributed by atoms with Crippen molar-refractivity contribution in [1.29, 1.82) is 0 Å². The maximum Gasteiger partial charge on any atom is 0.243 e. The van der Waals surface area contributed by atoms with Crippen LogP contribution < -0.4 is 5.32 Å². The highest BCUT2D eigenvalue weighted by atomic mass is 16.1. The quantitative estimate of drug-likeness (QED) is 0.521. The first-order valence-electron chi connectivity index (χ1n) is 10.2. The van der Waals surface area contributed by atoms with E-state index in [0.29, 0.717) is 6.04 Å². The van der Waals surface area contributed by atoms with Crippen LogP contribution in [-0.4, -0.2) is 35.4 Å². The molecule has 2 fully saturated rings. The molecule has 1 saturated heterocycles. The molecule has 1 N–H and O–H groups in total. The number of rotatable bonds is 9. The highest BCUT2D eigenvalue weighted by Crippen LogP contribution is 2.54. The van der Waals surface area contributed by atoms with Gasteiger partial charge in [0.15, 0.2) is 0 Å². The molecule has 1 saturated carbocycles. The van der Waals surface area contributed by atoms with Gasteiger partial charge in [0.2, 0.25) is 5.91 Å². The zero-order chi connectivity index (χ0) is 19.9. The summed E-state index contributed by atoms with van der Waals surface area (Å²) in [5, 5.41) is 3.01. The first-order chi connectivity index (χ1) is 13.6. The van der Waals surface area contributed by atoms with E-state index in [2.05, 4.69) is 40.8 Å². The Kier molecular flexibility index (Phi) is 6.99. The highest BCUT2D eigenvalue weighted by molar-refractivity contribution is 5.88. The van der Waals surface area contributed by atoms with Gasteiger partial charge in [-0.25, -0.2) is 0 Å². The third kappa shape index (κ3) is 5.08. The minimum Gasteiger partial charge on any atom is -0.353 e. The number of pyridine rings is 1. The molecule has 2 aliphatic rings. The second kappa shape index (κ2) is 9.65. The van der Waals surface area contributed by atoms with Crippen LogP contribution >= 0.6 is 0 Å². The Bertz CT molecular complexity index is 753. The Labute approximate surface area is 168 Å². The van der Waals surface area contributed by atoms with Crippen LogP contribution in [0.25, 0.3) is 0 Å². The maximum atomic E-state index is 12.0. The monoisotopic (exact) mass is 377 g/mol. The van der Waals surface area contributed by atoms with Gasteiger partial charge in [0.25, 0.3) is 0 Å². The fourth-order valence-electron chi connectivity index (χ4n) is 4.23. The fraction of sp³-hybridized carbons (Fsp3) is 0.417. The molecular weight excluding hydrogens is 346 g/mol. The molecule has 4 heteroatoms. The summed E-state index contributed by atoms with van der Waals surface area (Å²) >= 11 is 0. The second-order valence-electron chi connectivity index (χ2n) is 7.69. The predicted octanol–water partition coefficient (Wildman–Crippen LogP) is 4.07. The van der Waals surface area contributed by atoms with E-state index in [-0.39, 0.29) is 5.91 Å². The van der Waals surface area contributed by atoms with Crippen LogP contribution in [0.15, 0.2) is 73.0 Å². The molecule has 0 radical (unpaired) electrons. The molecule has 148 valence electrons. The van der Waals surface area contributed by atoms with E-state index in [1.807, 2.05) is 37.4 Å². The summed E-state index contributed by atoms with van der Waals surface area (Å²) in [5.41, 5.74) is 2.08. The van der Waals surface area contributed by atoms with Gasteiger partial charge in [-0.3, -0.25) is 14.7 Å².